The Balaban J connectivity index is 2.31. The normalized spacial score (nSPS) is 10.5. The fourth-order valence-corrected chi connectivity index (χ4v) is 2.29. The third kappa shape index (κ3) is 3.04. The van der Waals surface area contributed by atoms with Gasteiger partial charge in [0.2, 0.25) is 11.9 Å². The van der Waals surface area contributed by atoms with E-state index in [1.807, 2.05) is 26.0 Å². The fraction of sp³-hybridized carbons (Fsp3) is 0.200. The van der Waals surface area contributed by atoms with Gasteiger partial charge in [0.05, 0.1) is 0 Å². The molecule has 0 aliphatic rings. The number of anilines is 2. The van der Waals surface area contributed by atoms with E-state index in [4.69, 9.17) is 11.5 Å². The molecule has 0 aliphatic heterocycles. The van der Waals surface area contributed by atoms with E-state index in [2.05, 4.69) is 19.9 Å². The molecule has 0 spiro atoms. The summed E-state index contributed by atoms with van der Waals surface area (Å²) < 4.78 is 0. The fourth-order valence-electron chi connectivity index (χ4n) is 1.34. The van der Waals surface area contributed by atoms with Gasteiger partial charge in [-0.05, 0) is 37.7 Å². The monoisotopic (exact) mass is 248 g/mol. The number of rotatable bonds is 2. The first kappa shape index (κ1) is 11.6. The van der Waals surface area contributed by atoms with Crippen LogP contribution in [0.2, 0.25) is 0 Å². The molecule has 6 nitrogen and oxygen atoms in total. The van der Waals surface area contributed by atoms with Gasteiger partial charge in [-0.15, -0.1) is 0 Å². The van der Waals surface area contributed by atoms with Crippen molar-refractivity contribution in [2.24, 2.45) is 0 Å². The molecule has 7 heteroatoms. The minimum atomic E-state index is 0.256. The summed E-state index contributed by atoms with van der Waals surface area (Å²) in [7, 11) is 0. The van der Waals surface area contributed by atoms with Gasteiger partial charge >= 0.3 is 0 Å². The van der Waals surface area contributed by atoms with E-state index in [1.54, 1.807) is 0 Å². The zero-order valence-electron chi connectivity index (χ0n) is 9.51. The summed E-state index contributed by atoms with van der Waals surface area (Å²) in [6, 6.07) is 3.68. The predicted molar refractivity (Wildman–Crippen MR) is 66.5 cm³/mol. The molecule has 0 radical (unpaired) electrons. The Bertz CT molecular complexity index is 466. The van der Waals surface area contributed by atoms with E-state index >= 15 is 0 Å². The van der Waals surface area contributed by atoms with Crippen LogP contribution in [0.4, 0.5) is 11.9 Å². The average Bonchev–Trinajstić information content (AvgIpc) is 2.13. The number of aryl methyl sites for hydroxylation is 2. The Hall–Kier alpha value is -1.89. The van der Waals surface area contributed by atoms with E-state index in [0.29, 0.717) is 0 Å². The maximum absolute atomic E-state index is 5.58. The molecule has 4 N–H and O–H groups in total. The first-order chi connectivity index (χ1) is 8.02. The van der Waals surface area contributed by atoms with Crippen LogP contribution in [-0.2, 0) is 0 Å². The highest BCUT2D eigenvalue weighted by atomic mass is 32.2. The van der Waals surface area contributed by atoms with Gasteiger partial charge in [0.1, 0.15) is 10.1 Å². The first-order valence-corrected chi connectivity index (χ1v) is 5.75. The molecular formula is C10H12N6S. The number of hydrogen-bond donors (Lipinski definition) is 2. The molecule has 0 aromatic carbocycles. The summed E-state index contributed by atoms with van der Waals surface area (Å²) >= 11 is 1.38. The zero-order valence-corrected chi connectivity index (χ0v) is 10.3. The summed E-state index contributed by atoms with van der Waals surface area (Å²) in [6.07, 6.45) is 0. The molecule has 2 heterocycles. The largest absolute Gasteiger partial charge is 0.368 e. The van der Waals surface area contributed by atoms with Gasteiger partial charge in [-0.2, -0.15) is 0 Å². The van der Waals surface area contributed by atoms with Crippen molar-refractivity contribution in [2.75, 3.05) is 11.5 Å². The van der Waals surface area contributed by atoms with Crippen molar-refractivity contribution in [3.63, 3.8) is 0 Å². The highest BCUT2D eigenvalue weighted by Gasteiger charge is 2.05. The maximum Gasteiger partial charge on any atom is 0.221 e. The van der Waals surface area contributed by atoms with Gasteiger partial charge in [-0.1, -0.05) is 0 Å². The quantitative estimate of drug-likeness (QED) is 0.769. The topological polar surface area (TPSA) is 104 Å². The van der Waals surface area contributed by atoms with Crippen molar-refractivity contribution in [1.29, 1.82) is 0 Å². The zero-order chi connectivity index (χ0) is 12.4. The van der Waals surface area contributed by atoms with Crippen LogP contribution in [0.25, 0.3) is 0 Å². The number of hydrogen-bond acceptors (Lipinski definition) is 7. The minimum Gasteiger partial charge on any atom is -0.368 e. The molecule has 0 bridgehead atoms. The molecule has 17 heavy (non-hydrogen) atoms. The van der Waals surface area contributed by atoms with E-state index in [9.17, 15) is 0 Å². The highest BCUT2D eigenvalue weighted by Crippen LogP contribution is 2.25. The Morgan fingerprint density at radius 2 is 1.24 bits per heavy atom. The number of nitrogens with two attached hydrogens (primary N) is 2. The molecular weight excluding hydrogens is 236 g/mol. The molecule has 0 aliphatic carbocycles. The molecule has 2 aromatic rings. The third-order valence-corrected chi connectivity index (χ3v) is 2.74. The Kier molecular flexibility index (Phi) is 3.10. The van der Waals surface area contributed by atoms with Gasteiger partial charge in [0.25, 0.3) is 0 Å². The van der Waals surface area contributed by atoms with Crippen molar-refractivity contribution < 1.29 is 0 Å². The second-order valence-electron chi connectivity index (χ2n) is 3.51. The van der Waals surface area contributed by atoms with Crippen LogP contribution < -0.4 is 11.5 Å². The smallest absolute Gasteiger partial charge is 0.221 e. The van der Waals surface area contributed by atoms with Crippen LogP contribution in [-0.4, -0.2) is 19.9 Å². The Morgan fingerprint density at radius 1 is 0.824 bits per heavy atom. The standard InChI is InChI=1S/C10H12N6S/c1-5-3-7(15-9(11)13-5)17-8-4-6(2)14-10(12)16-8/h3-4H,1-2H3,(H2,11,13,15)(H2,12,14,16). The van der Waals surface area contributed by atoms with E-state index < -0.39 is 0 Å². The lowest BCUT2D eigenvalue weighted by Gasteiger charge is -2.03. The molecule has 0 fully saturated rings. The van der Waals surface area contributed by atoms with Crippen LogP contribution in [0, 0.1) is 13.8 Å². The summed E-state index contributed by atoms with van der Waals surface area (Å²) in [4.78, 5) is 16.2. The molecule has 88 valence electrons. The van der Waals surface area contributed by atoms with Crippen LogP contribution in [0.5, 0.6) is 0 Å². The van der Waals surface area contributed by atoms with Crippen LogP contribution in [0.3, 0.4) is 0 Å². The SMILES string of the molecule is Cc1cc(Sc2cc(C)nc(N)n2)nc(N)n1. The molecule has 2 aromatic heterocycles. The van der Waals surface area contributed by atoms with Crippen LogP contribution in [0.15, 0.2) is 22.2 Å². The summed E-state index contributed by atoms with van der Waals surface area (Å²) in [5, 5.41) is 1.49. The van der Waals surface area contributed by atoms with Gasteiger partial charge in [-0.3, -0.25) is 0 Å². The summed E-state index contributed by atoms with van der Waals surface area (Å²) in [5.41, 5.74) is 12.8. The second kappa shape index (κ2) is 4.54. The van der Waals surface area contributed by atoms with Crippen molar-refractivity contribution in [3.8, 4) is 0 Å². The van der Waals surface area contributed by atoms with Crippen LogP contribution >= 0.6 is 11.8 Å². The number of aromatic nitrogens is 4. The lowest BCUT2D eigenvalue weighted by atomic mass is 10.5. The van der Waals surface area contributed by atoms with E-state index in [0.717, 1.165) is 21.4 Å². The van der Waals surface area contributed by atoms with Crippen molar-refractivity contribution >= 4 is 23.7 Å². The lowest BCUT2D eigenvalue weighted by molar-refractivity contribution is 0.999. The highest BCUT2D eigenvalue weighted by molar-refractivity contribution is 7.99. The second-order valence-corrected chi connectivity index (χ2v) is 4.55. The molecule has 2 rings (SSSR count). The van der Waals surface area contributed by atoms with E-state index in [-0.39, 0.29) is 11.9 Å². The Labute approximate surface area is 103 Å². The van der Waals surface area contributed by atoms with Gasteiger partial charge in [0.15, 0.2) is 0 Å². The predicted octanol–water partition coefficient (Wildman–Crippen LogP) is 1.20. The third-order valence-electron chi connectivity index (χ3n) is 1.91. The number of nitrogens with zero attached hydrogens (tertiary/aromatic N) is 4. The molecule has 0 saturated carbocycles. The Morgan fingerprint density at radius 3 is 1.59 bits per heavy atom. The summed E-state index contributed by atoms with van der Waals surface area (Å²) in [6.45, 7) is 3.73. The number of nitrogen functional groups attached to an aromatic ring is 2. The molecule has 0 unspecified atom stereocenters. The molecule has 0 atom stereocenters. The van der Waals surface area contributed by atoms with E-state index in [1.165, 1.54) is 11.8 Å². The maximum atomic E-state index is 5.58. The first-order valence-electron chi connectivity index (χ1n) is 4.93. The van der Waals surface area contributed by atoms with Gasteiger partial charge < -0.3 is 11.5 Å². The molecule has 0 amide bonds. The average molecular weight is 248 g/mol. The lowest BCUT2D eigenvalue weighted by Crippen LogP contribution is -1.99. The van der Waals surface area contributed by atoms with Gasteiger partial charge in [0, 0.05) is 11.4 Å². The van der Waals surface area contributed by atoms with Gasteiger partial charge in [-0.25, -0.2) is 19.9 Å². The summed E-state index contributed by atoms with van der Waals surface area (Å²) in [5.74, 6) is 0.512. The van der Waals surface area contributed by atoms with Crippen molar-refractivity contribution in [1.82, 2.24) is 19.9 Å². The van der Waals surface area contributed by atoms with Crippen molar-refractivity contribution in [3.05, 3.63) is 23.5 Å². The minimum absolute atomic E-state index is 0.256. The van der Waals surface area contributed by atoms with Crippen LogP contribution in [0.1, 0.15) is 11.4 Å². The molecule has 0 saturated heterocycles. The van der Waals surface area contributed by atoms with Crippen molar-refractivity contribution in [2.45, 2.75) is 23.9 Å².